The summed E-state index contributed by atoms with van der Waals surface area (Å²) in [5.74, 6) is 0. The highest BCUT2D eigenvalue weighted by atomic mass is 16.7. The molecule has 0 amide bonds. The van der Waals surface area contributed by atoms with E-state index in [0.717, 1.165) is 6.42 Å². The van der Waals surface area contributed by atoms with Gasteiger partial charge in [0.2, 0.25) is 0 Å². The Morgan fingerprint density at radius 2 is 1.94 bits per heavy atom. The van der Waals surface area contributed by atoms with Gasteiger partial charge in [0.25, 0.3) is 0 Å². The lowest BCUT2D eigenvalue weighted by molar-refractivity contribution is -0.0435. The highest BCUT2D eigenvalue weighted by Gasteiger charge is 2.27. The molecule has 2 nitrogen and oxygen atoms in total. The van der Waals surface area contributed by atoms with E-state index in [0.29, 0.717) is 13.4 Å². The second kappa shape index (κ2) is 7.05. The number of hydrogen-bond acceptors (Lipinski definition) is 2. The number of benzene rings is 1. The molecule has 0 aliphatic heterocycles. The molecule has 0 aliphatic carbocycles. The van der Waals surface area contributed by atoms with Gasteiger partial charge in [0.05, 0.1) is 6.61 Å². The number of allylic oxidation sites excluding steroid dienone is 1. The molecule has 17 heavy (non-hydrogen) atoms. The quantitative estimate of drug-likeness (QED) is 0.389. The van der Waals surface area contributed by atoms with Gasteiger partial charge in [-0.3, -0.25) is 0 Å². The fourth-order valence-electron chi connectivity index (χ4n) is 1.85. The van der Waals surface area contributed by atoms with E-state index in [1.165, 1.54) is 5.56 Å². The van der Waals surface area contributed by atoms with Crippen molar-refractivity contribution in [2.45, 2.75) is 11.8 Å². The molecule has 2 heteroatoms. The van der Waals surface area contributed by atoms with Gasteiger partial charge >= 0.3 is 0 Å². The van der Waals surface area contributed by atoms with Gasteiger partial charge in [-0.25, -0.2) is 0 Å². The van der Waals surface area contributed by atoms with Gasteiger partial charge in [-0.1, -0.05) is 42.5 Å². The first kappa shape index (κ1) is 13.7. The predicted molar refractivity (Wildman–Crippen MR) is 71.0 cm³/mol. The van der Waals surface area contributed by atoms with Crippen LogP contribution < -0.4 is 0 Å². The van der Waals surface area contributed by atoms with Gasteiger partial charge in [-0.05, 0) is 12.0 Å². The average Bonchev–Trinajstić information content (AvgIpc) is 2.39. The fraction of sp³-hybridized carbons (Fsp3) is 0.333. The maximum atomic E-state index is 5.50. The van der Waals surface area contributed by atoms with Crippen LogP contribution in [0.2, 0.25) is 0 Å². The van der Waals surface area contributed by atoms with Crippen LogP contribution >= 0.6 is 0 Å². The van der Waals surface area contributed by atoms with E-state index < -0.39 is 0 Å². The van der Waals surface area contributed by atoms with Gasteiger partial charge < -0.3 is 9.47 Å². The zero-order valence-electron chi connectivity index (χ0n) is 10.4. The molecule has 0 bridgehead atoms. The maximum absolute atomic E-state index is 5.50. The summed E-state index contributed by atoms with van der Waals surface area (Å²) in [6.45, 7) is 8.58. The second-order valence-corrected chi connectivity index (χ2v) is 3.97. The molecule has 0 fully saturated rings. The Bertz CT molecular complexity index is 345. The minimum absolute atomic E-state index is 0.221. The third-order valence-electron chi connectivity index (χ3n) is 2.81. The van der Waals surface area contributed by atoms with Crippen LogP contribution in [0, 0.1) is 0 Å². The molecule has 0 spiro atoms. The molecule has 1 rings (SSSR count). The molecule has 1 aromatic rings. The van der Waals surface area contributed by atoms with Crippen molar-refractivity contribution in [3.05, 3.63) is 61.2 Å². The van der Waals surface area contributed by atoms with Crippen molar-refractivity contribution >= 4 is 0 Å². The van der Waals surface area contributed by atoms with Crippen LogP contribution in [-0.4, -0.2) is 20.5 Å². The third-order valence-corrected chi connectivity index (χ3v) is 2.81. The molecular weight excluding hydrogens is 212 g/mol. The average molecular weight is 232 g/mol. The smallest absolute Gasteiger partial charge is 0.146 e. The lowest BCUT2D eigenvalue weighted by atomic mass is 9.78. The normalized spacial score (nSPS) is 13.9. The van der Waals surface area contributed by atoms with E-state index in [2.05, 4.69) is 25.3 Å². The van der Waals surface area contributed by atoms with E-state index in [9.17, 15) is 0 Å². The fourth-order valence-corrected chi connectivity index (χ4v) is 1.85. The van der Waals surface area contributed by atoms with Crippen LogP contribution in [0.25, 0.3) is 0 Å². The van der Waals surface area contributed by atoms with Crippen LogP contribution in [0.3, 0.4) is 0 Å². The molecule has 0 saturated carbocycles. The van der Waals surface area contributed by atoms with Gasteiger partial charge in [0, 0.05) is 12.5 Å². The highest BCUT2D eigenvalue weighted by Crippen LogP contribution is 2.30. The Morgan fingerprint density at radius 1 is 1.24 bits per heavy atom. The monoisotopic (exact) mass is 232 g/mol. The SMILES string of the molecule is C=CC[C@](C=C)(COCOC)c1ccccc1. The molecule has 0 saturated heterocycles. The summed E-state index contributed by atoms with van der Waals surface area (Å²) >= 11 is 0. The van der Waals surface area contributed by atoms with E-state index in [1.54, 1.807) is 7.11 Å². The van der Waals surface area contributed by atoms with E-state index in [-0.39, 0.29) is 5.41 Å². The number of hydrogen-bond donors (Lipinski definition) is 0. The Labute approximate surface area is 104 Å². The number of ether oxygens (including phenoxy) is 2. The zero-order valence-corrected chi connectivity index (χ0v) is 10.4. The maximum Gasteiger partial charge on any atom is 0.146 e. The summed E-state index contributed by atoms with van der Waals surface area (Å²) in [4.78, 5) is 0. The van der Waals surface area contributed by atoms with Crippen molar-refractivity contribution in [2.24, 2.45) is 0 Å². The lowest BCUT2D eigenvalue weighted by Gasteiger charge is -2.29. The summed E-state index contributed by atoms with van der Waals surface area (Å²) in [6, 6.07) is 10.2. The predicted octanol–water partition coefficient (Wildman–Crippen LogP) is 3.31. The van der Waals surface area contributed by atoms with Gasteiger partial charge in [0.15, 0.2) is 0 Å². The van der Waals surface area contributed by atoms with Gasteiger partial charge in [-0.2, -0.15) is 0 Å². The number of rotatable bonds is 8. The minimum atomic E-state index is -0.221. The Balaban J connectivity index is 2.91. The second-order valence-electron chi connectivity index (χ2n) is 3.97. The van der Waals surface area contributed by atoms with Crippen molar-refractivity contribution in [2.75, 3.05) is 20.5 Å². The van der Waals surface area contributed by atoms with E-state index >= 15 is 0 Å². The summed E-state index contributed by atoms with van der Waals surface area (Å²) in [5, 5.41) is 0. The van der Waals surface area contributed by atoms with E-state index in [1.807, 2.05) is 30.4 Å². The molecule has 0 radical (unpaired) electrons. The van der Waals surface area contributed by atoms with Crippen molar-refractivity contribution in [1.29, 1.82) is 0 Å². The molecule has 0 N–H and O–H groups in total. The zero-order chi connectivity index (χ0) is 12.6. The molecule has 0 heterocycles. The first-order valence-electron chi connectivity index (χ1n) is 5.66. The Morgan fingerprint density at radius 3 is 2.47 bits per heavy atom. The highest BCUT2D eigenvalue weighted by molar-refractivity contribution is 5.31. The van der Waals surface area contributed by atoms with Crippen LogP contribution in [0.5, 0.6) is 0 Å². The topological polar surface area (TPSA) is 18.5 Å². The lowest BCUT2D eigenvalue weighted by Crippen LogP contribution is -2.29. The molecule has 0 aliphatic rings. The first-order chi connectivity index (χ1) is 8.29. The number of methoxy groups -OCH3 is 1. The summed E-state index contributed by atoms with van der Waals surface area (Å²) in [6.07, 6.45) is 4.62. The van der Waals surface area contributed by atoms with Crippen LogP contribution in [0.15, 0.2) is 55.6 Å². The third kappa shape index (κ3) is 3.55. The van der Waals surface area contributed by atoms with Gasteiger partial charge in [-0.15, -0.1) is 13.2 Å². The summed E-state index contributed by atoms with van der Waals surface area (Å²) < 4.78 is 10.4. The van der Waals surface area contributed by atoms with Crippen molar-refractivity contribution in [1.82, 2.24) is 0 Å². The van der Waals surface area contributed by atoms with Crippen molar-refractivity contribution in [3.8, 4) is 0 Å². The molecule has 1 atom stereocenters. The van der Waals surface area contributed by atoms with E-state index in [4.69, 9.17) is 9.47 Å². The minimum Gasteiger partial charge on any atom is -0.359 e. The molecule has 0 unspecified atom stereocenters. The molecule has 0 aromatic heterocycles. The Kier molecular flexibility index (Phi) is 5.67. The summed E-state index contributed by atoms with van der Waals surface area (Å²) in [7, 11) is 1.62. The van der Waals surface area contributed by atoms with Crippen LogP contribution in [0.1, 0.15) is 12.0 Å². The molecular formula is C15H20O2. The van der Waals surface area contributed by atoms with Gasteiger partial charge in [0.1, 0.15) is 6.79 Å². The summed E-state index contributed by atoms with van der Waals surface area (Å²) in [5.41, 5.74) is 0.965. The largest absolute Gasteiger partial charge is 0.359 e. The molecule has 1 aromatic carbocycles. The van der Waals surface area contributed by atoms with Crippen LogP contribution in [0.4, 0.5) is 0 Å². The van der Waals surface area contributed by atoms with Crippen molar-refractivity contribution in [3.63, 3.8) is 0 Å². The van der Waals surface area contributed by atoms with Crippen molar-refractivity contribution < 1.29 is 9.47 Å². The first-order valence-corrected chi connectivity index (χ1v) is 5.66. The Hall–Kier alpha value is -1.38. The molecule has 92 valence electrons. The van der Waals surface area contributed by atoms with Crippen LogP contribution in [-0.2, 0) is 14.9 Å². The standard InChI is InChI=1S/C15H20O2/c1-4-11-15(5-2,12-17-13-16-3)14-9-7-6-8-10-14/h4-10H,1-2,11-13H2,3H3/t15-/m1/s1.